The van der Waals surface area contributed by atoms with Gasteiger partial charge in [-0.2, -0.15) is 0 Å². The molecule has 0 saturated carbocycles. The molecule has 6 nitrogen and oxygen atoms in total. The van der Waals surface area contributed by atoms with Gasteiger partial charge in [0.25, 0.3) is 0 Å². The van der Waals surface area contributed by atoms with Crippen LogP contribution >= 0.6 is 0 Å². The second kappa shape index (κ2) is 5.40. The fraction of sp³-hybridized carbons (Fsp3) is 0.364. The molecule has 1 amide bonds. The molecule has 6 heteroatoms. The Bertz CT molecular complexity index is 507. The minimum Gasteiger partial charge on any atom is -0.355 e. The van der Waals surface area contributed by atoms with Crippen molar-refractivity contribution in [3.05, 3.63) is 30.2 Å². The lowest BCUT2D eigenvalue weighted by atomic mass is 10.4. The summed E-state index contributed by atoms with van der Waals surface area (Å²) < 4.78 is 1.92. The van der Waals surface area contributed by atoms with Crippen LogP contribution in [0.4, 0.5) is 0 Å². The van der Waals surface area contributed by atoms with Gasteiger partial charge in [-0.15, -0.1) is 10.2 Å². The molecule has 2 rings (SSSR count). The predicted molar refractivity (Wildman–Crippen MR) is 63.6 cm³/mol. The van der Waals surface area contributed by atoms with Gasteiger partial charge < -0.3 is 10.6 Å². The molecule has 2 aromatic rings. The maximum Gasteiger partial charge on any atom is 0.233 e. The van der Waals surface area contributed by atoms with Crippen LogP contribution in [0.25, 0.3) is 5.65 Å². The summed E-state index contributed by atoms with van der Waals surface area (Å²) in [5.41, 5.74) is 0.823. The maximum absolute atomic E-state index is 11.2. The summed E-state index contributed by atoms with van der Waals surface area (Å²) in [5.74, 6) is 0.840. The normalized spacial score (nSPS) is 10.6. The first-order valence-electron chi connectivity index (χ1n) is 5.51. The maximum atomic E-state index is 11.2. The van der Waals surface area contributed by atoms with Crippen molar-refractivity contribution in [2.24, 2.45) is 0 Å². The van der Waals surface area contributed by atoms with E-state index in [-0.39, 0.29) is 5.91 Å². The monoisotopic (exact) mass is 233 g/mol. The summed E-state index contributed by atoms with van der Waals surface area (Å²) in [6.07, 6.45) is 2.58. The van der Waals surface area contributed by atoms with Gasteiger partial charge in [-0.1, -0.05) is 6.07 Å². The number of likely N-dealkylation sites (N-methyl/N-ethyl adjacent to an activating group) is 1. The van der Waals surface area contributed by atoms with Crippen molar-refractivity contribution in [3.8, 4) is 0 Å². The zero-order chi connectivity index (χ0) is 12.1. The molecular weight excluding hydrogens is 218 g/mol. The molecule has 90 valence electrons. The number of fused-ring (bicyclic) bond motifs is 1. The molecule has 17 heavy (non-hydrogen) atoms. The largest absolute Gasteiger partial charge is 0.355 e. The average molecular weight is 233 g/mol. The number of nitrogens with one attached hydrogen (secondary N) is 2. The van der Waals surface area contributed by atoms with Crippen molar-refractivity contribution in [2.45, 2.75) is 6.42 Å². The van der Waals surface area contributed by atoms with Crippen LogP contribution in [-0.4, -0.2) is 40.6 Å². The lowest BCUT2D eigenvalue weighted by Crippen LogP contribution is -2.33. The van der Waals surface area contributed by atoms with E-state index in [1.165, 1.54) is 0 Å². The molecule has 0 aliphatic carbocycles. The van der Waals surface area contributed by atoms with E-state index in [2.05, 4.69) is 20.8 Å². The van der Waals surface area contributed by atoms with E-state index in [1.54, 1.807) is 7.05 Å². The molecule has 2 N–H and O–H groups in total. The fourth-order valence-electron chi connectivity index (χ4n) is 1.60. The van der Waals surface area contributed by atoms with Crippen LogP contribution in [-0.2, 0) is 11.2 Å². The van der Waals surface area contributed by atoms with Gasteiger partial charge in [-0.25, -0.2) is 0 Å². The second-order valence-corrected chi connectivity index (χ2v) is 3.68. The average Bonchev–Trinajstić information content (AvgIpc) is 2.73. The minimum atomic E-state index is -0.0127. The number of amides is 1. The van der Waals surface area contributed by atoms with Crippen molar-refractivity contribution in [3.63, 3.8) is 0 Å². The van der Waals surface area contributed by atoms with Crippen LogP contribution in [0.1, 0.15) is 5.82 Å². The number of hydrogen-bond donors (Lipinski definition) is 2. The van der Waals surface area contributed by atoms with E-state index in [0.717, 1.165) is 11.5 Å². The first-order valence-corrected chi connectivity index (χ1v) is 5.51. The summed E-state index contributed by atoms with van der Waals surface area (Å²) in [7, 11) is 1.74. The Morgan fingerprint density at radius 2 is 2.29 bits per heavy atom. The van der Waals surface area contributed by atoms with Crippen molar-refractivity contribution in [2.75, 3.05) is 20.1 Å². The van der Waals surface area contributed by atoms with E-state index in [4.69, 9.17) is 0 Å². The first kappa shape index (κ1) is 11.5. The number of rotatable bonds is 5. The third-order valence-electron chi connectivity index (χ3n) is 2.39. The number of carbonyl (C=O) groups excluding carboxylic acids is 1. The lowest BCUT2D eigenvalue weighted by molar-refractivity contribution is -0.120. The molecule has 0 aliphatic heterocycles. The standard InChI is InChI=1S/C11H15N5O/c1-12-8-11(17)13-6-5-10-15-14-9-4-2-3-7-16(9)10/h2-4,7,12H,5-6,8H2,1H3,(H,13,17). The van der Waals surface area contributed by atoms with Gasteiger partial charge >= 0.3 is 0 Å². The quantitative estimate of drug-likeness (QED) is 0.737. The van der Waals surface area contributed by atoms with Crippen molar-refractivity contribution < 1.29 is 4.79 Å². The van der Waals surface area contributed by atoms with Gasteiger partial charge in [0.1, 0.15) is 5.82 Å². The van der Waals surface area contributed by atoms with E-state index in [1.807, 2.05) is 28.8 Å². The van der Waals surface area contributed by atoms with Gasteiger partial charge in [0.05, 0.1) is 6.54 Å². The molecule has 0 saturated heterocycles. The highest BCUT2D eigenvalue weighted by atomic mass is 16.1. The van der Waals surface area contributed by atoms with Gasteiger partial charge in [0, 0.05) is 19.2 Å². The molecular formula is C11H15N5O. The lowest BCUT2D eigenvalue weighted by Gasteiger charge is -2.03. The Balaban J connectivity index is 1.93. The Morgan fingerprint density at radius 1 is 1.41 bits per heavy atom. The minimum absolute atomic E-state index is 0.0127. The van der Waals surface area contributed by atoms with Crippen LogP contribution < -0.4 is 10.6 Å². The molecule has 2 heterocycles. The van der Waals surface area contributed by atoms with Crippen LogP contribution in [0.2, 0.25) is 0 Å². The zero-order valence-corrected chi connectivity index (χ0v) is 9.68. The molecule has 0 atom stereocenters. The predicted octanol–water partition coefficient (Wildman–Crippen LogP) is -0.393. The van der Waals surface area contributed by atoms with E-state index >= 15 is 0 Å². The third kappa shape index (κ3) is 2.79. The van der Waals surface area contributed by atoms with Gasteiger partial charge in [0.15, 0.2) is 5.65 Å². The van der Waals surface area contributed by atoms with E-state index in [0.29, 0.717) is 19.5 Å². The summed E-state index contributed by atoms with van der Waals surface area (Å²) in [6, 6.07) is 5.75. The number of pyridine rings is 1. The Morgan fingerprint density at radius 3 is 3.12 bits per heavy atom. The Hall–Kier alpha value is -1.95. The summed E-state index contributed by atoms with van der Waals surface area (Å²) in [5, 5.41) is 13.7. The number of carbonyl (C=O) groups is 1. The van der Waals surface area contributed by atoms with Crippen LogP contribution in [0, 0.1) is 0 Å². The molecule has 0 spiro atoms. The molecule has 0 radical (unpaired) electrons. The molecule has 0 unspecified atom stereocenters. The molecule has 0 bridgehead atoms. The molecule has 0 fully saturated rings. The molecule has 0 aromatic carbocycles. The zero-order valence-electron chi connectivity index (χ0n) is 9.68. The highest BCUT2D eigenvalue weighted by Gasteiger charge is 2.04. The Labute approximate surface area is 99.0 Å². The van der Waals surface area contributed by atoms with Crippen molar-refractivity contribution >= 4 is 11.6 Å². The topological polar surface area (TPSA) is 71.3 Å². The fourth-order valence-corrected chi connectivity index (χ4v) is 1.60. The summed E-state index contributed by atoms with van der Waals surface area (Å²) in [6.45, 7) is 0.900. The van der Waals surface area contributed by atoms with Gasteiger partial charge in [0.2, 0.25) is 5.91 Å². The number of aromatic nitrogens is 3. The van der Waals surface area contributed by atoms with Gasteiger partial charge in [-0.05, 0) is 19.2 Å². The third-order valence-corrected chi connectivity index (χ3v) is 2.39. The van der Waals surface area contributed by atoms with Crippen molar-refractivity contribution in [1.29, 1.82) is 0 Å². The van der Waals surface area contributed by atoms with Crippen LogP contribution in [0.5, 0.6) is 0 Å². The molecule has 0 aliphatic rings. The summed E-state index contributed by atoms with van der Waals surface area (Å²) >= 11 is 0. The molecule has 2 aromatic heterocycles. The van der Waals surface area contributed by atoms with E-state index < -0.39 is 0 Å². The van der Waals surface area contributed by atoms with Crippen LogP contribution in [0.3, 0.4) is 0 Å². The highest BCUT2D eigenvalue weighted by molar-refractivity contribution is 5.77. The van der Waals surface area contributed by atoms with E-state index in [9.17, 15) is 4.79 Å². The van der Waals surface area contributed by atoms with Crippen molar-refractivity contribution in [1.82, 2.24) is 25.2 Å². The highest BCUT2D eigenvalue weighted by Crippen LogP contribution is 2.02. The summed E-state index contributed by atoms with van der Waals surface area (Å²) in [4.78, 5) is 11.2. The SMILES string of the molecule is CNCC(=O)NCCc1nnc2ccccn12. The first-order chi connectivity index (χ1) is 8.31. The van der Waals surface area contributed by atoms with Gasteiger partial charge in [-0.3, -0.25) is 9.20 Å². The Kier molecular flexibility index (Phi) is 3.66. The number of nitrogens with zero attached hydrogens (tertiary/aromatic N) is 3. The van der Waals surface area contributed by atoms with Crippen LogP contribution in [0.15, 0.2) is 24.4 Å². The smallest absolute Gasteiger partial charge is 0.233 e. The number of hydrogen-bond acceptors (Lipinski definition) is 4. The second-order valence-electron chi connectivity index (χ2n) is 3.68.